The highest BCUT2D eigenvalue weighted by atomic mass is 16.4. The number of hydrogen-bond donors (Lipinski definition) is 2. The Bertz CT molecular complexity index is 563. The van der Waals surface area contributed by atoms with E-state index in [9.17, 15) is 14.7 Å². The van der Waals surface area contributed by atoms with E-state index in [1.165, 1.54) is 6.33 Å². The monoisotopic (exact) mass is 307 g/mol. The second-order valence-corrected chi connectivity index (χ2v) is 5.70. The van der Waals surface area contributed by atoms with Crippen molar-refractivity contribution in [3.8, 4) is 0 Å². The van der Waals surface area contributed by atoms with Gasteiger partial charge in [0.05, 0.1) is 6.54 Å². The number of nitrogens with zero attached hydrogens (tertiary/aromatic N) is 4. The van der Waals surface area contributed by atoms with Crippen molar-refractivity contribution in [2.75, 3.05) is 36.9 Å². The molecule has 120 valence electrons. The third-order valence-corrected chi connectivity index (χ3v) is 3.67. The predicted octanol–water partition coefficient (Wildman–Crippen LogP) is 0.276. The Morgan fingerprint density at radius 2 is 2.09 bits per heavy atom. The second-order valence-electron chi connectivity index (χ2n) is 5.70. The van der Waals surface area contributed by atoms with Gasteiger partial charge in [-0.1, -0.05) is 13.8 Å². The zero-order valence-electron chi connectivity index (χ0n) is 13.0. The van der Waals surface area contributed by atoms with Crippen LogP contribution in [0.15, 0.2) is 12.4 Å². The van der Waals surface area contributed by atoms with Gasteiger partial charge in [0.25, 0.3) is 0 Å². The van der Waals surface area contributed by atoms with Crippen molar-refractivity contribution in [1.82, 2.24) is 14.9 Å². The molecule has 8 nitrogen and oxygen atoms in total. The lowest BCUT2D eigenvalue weighted by atomic mass is 10.1. The number of carboxylic acid groups (broad SMARTS) is 1. The lowest BCUT2D eigenvalue weighted by Crippen LogP contribution is -2.48. The molecule has 0 saturated carbocycles. The Labute approximate surface area is 129 Å². The van der Waals surface area contributed by atoms with E-state index >= 15 is 0 Å². The Hall–Kier alpha value is -2.38. The largest absolute Gasteiger partial charge is 0.480 e. The second kappa shape index (κ2) is 6.59. The van der Waals surface area contributed by atoms with E-state index < -0.39 is 12.0 Å². The van der Waals surface area contributed by atoms with Gasteiger partial charge in [-0.3, -0.25) is 4.79 Å². The van der Waals surface area contributed by atoms with Gasteiger partial charge >= 0.3 is 5.97 Å². The highest BCUT2D eigenvalue weighted by Crippen LogP contribution is 2.18. The molecular formula is C14H21N5O3. The molecule has 1 saturated heterocycles. The van der Waals surface area contributed by atoms with Gasteiger partial charge in [-0.2, -0.15) is 0 Å². The van der Waals surface area contributed by atoms with Crippen molar-refractivity contribution >= 4 is 23.5 Å². The lowest BCUT2D eigenvalue weighted by molar-refractivity contribution is -0.138. The normalized spacial score (nSPS) is 16.8. The van der Waals surface area contributed by atoms with E-state index in [4.69, 9.17) is 0 Å². The highest BCUT2D eigenvalue weighted by molar-refractivity contribution is 5.82. The fraction of sp³-hybridized carbons (Fsp3) is 0.571. The standard InChI is InChI=1S/C14H21N5O3/c1-9(2)13(14(21)22)17-10-6-11(16-8-15-10)19-5-4-18(3)12(20)7-19/h6,8-9,13H,4-5,7H2,1-3H3,(H,21,22)(H,15,16,17)/t13-/m1/s1. The molecule has 1 aromatic heterocycles. The minimum absolute atomic E-state index is 0.0324. The van der Waals surface area contributed by atoms with E-state index in [2.05, 4.69) is 15.3 Å². The first-order valence-corrected chi connectivity index (χ1v) is 7.18. The Morgan fingerprint density at radius 3 is 2.68 bits per heavy atom. The number of carbonyl (C=O) groups is 2. The average molecular weight is 307 g/mol. The molecule has 0 aliphatic carbocycles. The number of likely N-dealkylation sites (N-methyl/N-ethyl adjacent to an activating group) is 1. The zero-order chi connectivity index (χ0) is 16.3. The SMILES string of the molecule is CC(C)[C@@H](Nc1cc(N2CCN(C)C(=O)C2)ncn1)C(=O)O. The first-order valence-electron chi connectivity index (χ1n) is 7.18. The third kappa shape index (κ3) is 3.63. The first kappa shape index (κ1) is 16.0. The van der Waals surface area contributed by atoms with Gasteiger partial charge < -0.3 is 20.2 Å². The lowest BCUT2D eigenvalue weighted by Gasteiger charge is -2.32. The quantitative estimate of drug-likeness (QED) is 0.806. The van der Waals surface area contributed by atoms with Crippen molar-refractivity contribution < 1.29 is 14.7 Å². The van der Waals surface area contributed by atoms with Crippen molar-refractivity contribution in [2.24, 2.45) is 5.92 Å². The van der Waals surface area contributed by atoms with Gasteiger partial charge in [-0.15, -0.1) is 0 Å². The van der Waals surface area contributed by atoms with E-state index in [0.29, 0.717) is 24.7 Å². The van der Waals surface area contributed by atoms with Gasteiger partial charge in [0.2, 0.25) is 5.91 Å². The van der Waals surface area contributed by atoms with Crippen LogP contribution in [0.1, 0.15) is 13.8 Å². The number of rotatable bonds is 5. The molecule has 2 N–H and O–H groups in total. The summed E-state index contributed by atoms with van der Waals surface area (Å²) >= 11 is 0. The number of piperazine rings is 1. The summed E-state index contributed by atoms with van der Waals surface area (Å²) in [6.45, 7) is 5.24. The molecule has 0 unspecified atom stereocenters. The smallest absolute Gasteiger partial charge is 0.326 e. The van der Waals surface area contributed by atoms with Crippen LogP contribution in [-0.4, -0.2) is 64.6 Å². The molecule has 22 heavy (non-hydrogen) atoms. The van der Waals surface area contributed by atoms with Gasteiger partial charge in [0.15, 0.2) is 0 Å². The van der Waals surface area contributed by atoms with Crippen LogP contribution in [0.2, 0.25) is 0 Å². The van der Waals surface area contributed by atoms with Crippen molar-refractivity contribution in [3.05, 3.63) is 12.4 Å². The molecule has 2 heterocycles. The van der Waals surface area contributed by atoms with Crippen molar-refractivity contribution in [3.63, 3.8) is 0 Å². The van der Waals surface area contributed by atoms with E-state index in [0.717, 1.165) is 0 Å². The summed E-state index contributed by atoms with van der Waals surface area (Å²) in [6.07, 6.45) is 1.37. The zero-order valence-corrected chi connectivity index (χ0v) is 13.0. The van der Waals surface area contributed by atoms with Crippen LogP contribution in [0.3, 0.4) is 0 Å². The molecule has 0 bridgehead atoms. The minimum Gasteiger partial charge on any atom is -0.480 e. The molecule has 1 aliphatic heterocycles. The van der Waals surface area contributed by atoms with Gasteiger partial charge in [0.1, 0.15) is 24.0 Å². The minimum atomic E-state index is -0.926. The number of nitrogens with one attached hydrogen (secondary N) is 1. The molecule has 1 atom stereocenters. The molecule has 0 spiro atoms. The molecule has 2 rings (SSSR count). The Kier molecular flexibility index (Phi) is 4.79. The van der Waals surface area contributed by atoms with E-state index in [1.807, 2.05) is 18.7 Å². The Balaban J connectivity index is 2.13. The molecule has 8 heteroatoms. The number of carbonyl (C=O) groups excluding carboxylic acids is 1. The number of carboxylic acids is 1. The number of anilines is 2. The summed E-state index contributed by atoms with van der Waals surface area (Å²) in [5.74, 6) is 0.0837. The first-order chi connectivity index (χ1) is 10.4. The number of hydrogen-bond acceptors (Lipinski definition) is 6. The van der Waals surface area contributed by atoms with Crippen molar-refractivity contribution in [2.45, 2.75) is 19.9 Å². The Morgan fingerprint density at radius 1 is 1.36 bits per heavy atom. The maximum absolute atomic E-state index is 11.8. The summed E-state index contributed by atoms with van der Waals surface area (Å²) in [5.41, 5.74) is 0. The highest BCUT2D eigenvalue weighted by Gasteiger charge is 2.24. The molecular weight excluding hydrogens is 286 g/mol. The fourth-order valence-electron chi connectivity index (χ4n) is 2.23. The number of amides is 1. The molecule has 0 aromatic carbocycles. The van der Waals surface area contributed by atoms with Gasteiger partial charge in [0, 0.05) is 26.2 Å². The molecule has 1 aliphatic rings. The molecule has 0 radical (unpaired) electrons. The van der Waals surface area contributed by atoms with Crippen LogP contribution in [0.5, 0.6) is 0 Å². The van der Waals surface area contributed by atoms with Crippen LogP contribution in [0.4, 0.5) is 11.6 Å². The summed E-state index contributed by atoms with van der Waals surface area (Å²) < 4.78 is 0. The number of aromatic nitrogens is 2. The van der Waals surface area contributed by atoms with Gasteiger partial charge in [-0.25, -0.2) is 14.8 Å². The summed E-state index contributed by atoms with van der Waals surface area (Å²) in [5, 5.41) is 12.1. The van der Waals surface area contributed by atoms with Crippen LogP contribution >= 0.6 is 0 Å². The maximum atomic E-state index is 11.8. The maximum Gasteiger partial charge on any atom is 0.326 e. The number of aliphatic carboxylic acids is 1. The molecule has 1 amide bonds. The summed E-state index contributed by atoms with van der Waals surface area (Å²) in [4.78, 5) is 34.8. The van der Waals surface area contributed by atoms with Crippen LogP contribution in [-0.2, 0) is 9.59 Å². The predicted molar refractivity (Wildman–Crippen MR) is 81.8 cm³/mol. The summed E-state index contributed by atoms with van der Waals surface area (Å²) in [7, 11) is 1.77. The van der Waals surface area contributed by atoms with E-state index in [-0.39, 0.29) is 18.4 Å². The van der Waals surface area contributed by atoms with Crippen LogP contribution in [0.25, 0.3) is 0 Å². The summed E-state index contributed by atoms with van der Waals surface area (Å²) in [6, 6.07) is 0.952. The van der Waals surface area contributed by atoms with Crippen LogP contribution < -0.4 is 10.2 Å². The topological polar surface area (TPSA) is 98.7 Å². The molecule has 1 fully saturated rings. The van der Waals surface area contributed by atoms with Crippen LogP contribution in [0, 0.1) is 5.92 Å². The van der Waals surface area contributed by atoms with Gasteiger partial charge in [-0.05, 0) is 5.92 Å². The molecule has 1 aromatic rings. The third-order valence-electron chi connectivity index (χ3n) is 3.67. The van der Waals surface area contributed by atoms with E-state index in [1.54, 1.807) is 18.0 Å². The van der Waals surface area contributed by atoms with Crippen molar-refractivity contribution in [1.29, 1.82) is 0 Å². The average Bonchev–Trinajstić information content (AvgIpc) is 2.47. The fourth-order valence-corrected chi connectivity index (χ4v) is 2.23.